The number of methoxy groups -OCH3 is 2. The second-order valence-electron chi connectivity index (χ2n) is 16.9. The molecule has 0 radical (unpaired) electrons. The lowest BCUT2D eigenvalue weighted by atomic mass is 9.95. The predicted molar refractivity (Wildman–Crippen MR) is 239 cm³/mol. The molecule has 3 aliphatic rings. The van der Waals surface area contributed by atoms with Crippen LogP contribution in [-0.2, 0) is 33.4 Å². The fourth-order valence-corrected chi connectivity index (χ4v) is 7.60. The highest BCUT2D eigenvalue weighted by molar-refractivity contribution is 6.00. The van der Waals surface area contributed by atoms with Crippen molar-refractivity contribution in [2.45, 2.75) is 188 Å². The van der Waals surface area contributed by atoms with Crippen molar-refractivity contribution in [3.8, 4) is 0 Å². The first-order valence-electron chi connectivity index (χ1n) is 22.9. The van der Waals surface area contributed by atoms with Crippen LogP contribution in [0.1, 0.15) is 169 Å². The third-order valence-electron chi connectivity index (χ3n) is 11.4. The lowest BCUT2D eigenvalue weighted by Gasteiger charge is -2.14. The zero-order chi connectivity index (χ0) is 44.9. The number of hydrogen-bond acceptors (Lipinski definition) is 10. The first-order chi connectivity index (χ1) is 28.7. The van der Waals surface area contributed by atoms with Crippen molar-refractivity contribution in [1.29, 1.82) is 0 Å². The van der Waals surface area contributed by atoms with Crippen molar-refractivity contribution in [1.82, 2.24) is 0 Å². The smallest absolute Gasteiger partial charge is 0.305 e. The van der Waals surface area contributed by atoms with Crippen LogP contribution in [0.4, 0.5) is 0 Å². The van der Waals surface area contributed by atoms with Gasteiger partial charge in [0.25, 0.3) is 0 Å². The Morgan fingerprint density at radius 1 is 0.767 bits per heavy atom. The maximum Gasteiger partial charge on any atom is 0.305 e. The number of ether oxygens (including phenoxy) is 2. The fraction of sp³-hybridized carbons (Fsp3) is 0.700. The van der Waals surface area contributed by atoms with Crippen molar-refractivity contribution in [3.05, 3.63) is 59.3 Å². The first kappa shape index (κ1) is 54.5. The van der Waals surface area contributed by atoms with Gasteiger partial charge in [0.05, 0.1) is 32.5 Å². The lowest BCUT2D eigenvalue weighted by molar-refractivity contribution is -0.141. The Bertz CT molecular complexity index is 1450. The van der Waals surface area contributed by atoms with Crippen molar-refractivity contribution in [3.63, 3.8) is 0 Å². The number of allylic oxidation sites excluding steroid dienone is 6. The molecule has 1 saturated carbocycles. The Labute approximate surface area is 362 Å². The average Bonchev–Trinajstić information content (AvgIpc) is 3.84. The van der Waals surface area contributed by atoms with Gasteiger partial charge in [-0.05, 0) is 74.3 Å². The van der Waals surface area contributed by atoms with E-state index in [0.717, 1.165) is 82.6 Å². The van der Waals surface area contributed by atoms with Crippen LogP contribution in [0.25, 0.3) is 0 Å². The van der Waals surface area contributed by atoms with E-state index in [9.17, 15) is 39.3 Å². The van der Waals surface area contributed by atoms with Crippen LogP contribution < -0.4 is 0 Å². The average molecular weight is 841 g/mol. The summed E-state index contributed by atoms with van der Waals surface area (Å²) in [6.45, 7) is 10.7. The SMILES string of the molecule is CCCCC[C@H](C)/C=C/C1=C(C(O)CCCCCC(=O)OC)C(=O)C[C@H]1C.CCCCC[C@H](O)/C=C/[C@@H]1/C(=C\CCCCCC(=O)OC)C(=O)C[C@H]1O.C[C@H]1C=CC(=O)C1. The van der Waals surface area contributed by atoms with Gasteiger partial charge in [-0.1, -0.05) is 129 Å². The van der Waals surface area contributed by atoms with E-state index < -0.39 is 18.3 Å². The second-order valence-corrected chi connectivity index (χ2v) is 16.9. The number of Topliss-reactive ketones (excluding diaryl/α,β-unsaturated/α-hetero) is 2. The summed E-state index contributed by atoms with van der Waals surface area (Å²) in [6.07, 6.45) is 28.6. The standard InChI is InChI=1S/C23H38O4.C21H34O5.C6H8O/c1-5-6-8-11-17(2)14-15-19-18(3)16-21(25)23(19)20(24)12-9-7-10-13-22(26)27-4;1-3-4-7-10-16(22)13-14-18-17(19(23)15-20(18)24)11-8-5-6-9-12-21(25)26-2;1-5-2-3-6(7)4-5/h14-15,17-18,20,24H,5-13,16H2,1-4H3;11,13-14,16,18,20,22,24H,3-10,12,15H2,1-2H3;2-3,5H,4H2,1H3/b15-14+;14-13+,17-11+;/t17-,18+,20?;16-,18+,20+;5-/m000/s1. The van der Waals surface area contributed by atoms with Crippen LogP contribution in [0.2, 0.25) is 0 Å². The summed E-state index contributed by atoms with van der Waals surface area (Å²) in [5.41, 5.74) is 2.29. The fourth-order valence-electron chi connectivity index (χ4n) is 7.60. The van der Waals surface area contributed by atoms with E-state index in [4.69, 9.17) is 0 Å². The molecule has 10 heteroatoms. The molecule has 7 atom stereocenters. The number of aliphatic hydroxyl groups is 3. The molecule has 0 saturated heterocycles. The van der Waals surface area contributed by atoms with Crippen molar-refractivity contribution in [2.24, 2.45) is 23.7 Å². The van der Waals surface area contributed by atoms with E-state index in [-0.39, 0.29) is 47.5 Å². The molecule has 3 N–H and O–H groups in total. The van der Waals surface area contributed by atoms with Crippen molar-refractivity contribution >= 4 is 29.3 Å². The minimum atomic E-state index is -0.702. The van der Waals surface area contributed by atoms with Gasteiger partial charge in [0.2, 0.25) is 0 Å². The number of esters is 2. The quantitative estimate of drug-likeness (QED) is 0.0349. The van der Waals surface area contributed by atoms with Crippen molar-refractivity contribution < 1.29 is 48.8 Å². The van der Waals surface area contributed by atoms with E-state index in [0.29, 0.717) is 55.1 Å². The Morgan fingerprint density at radius 2 is 1.37 bits per heavy atom. The molecule has 0 aromatic heterocycles. The van der Waals surface area contributed by atoms with Crippen LogP contribution >= 0.6 is 0 Å². The molecule has 340 valence electrons. The Morgan fingerprint density at radius 3 is 1.92 bits per heavy atom. The third kappa shape index (κ3) is 22.9. The summed E-state index contributed by atoms with van der Waals surface area (Å²) < 4.78 is 9.23. The molecule has 10 nitrogen and oxygen atoms in total. The molecule has 0 spiro atoms. The lowest BCUT2D eigenvalue weighted by Crippen LogP contribution is -2.16. The number of ketones is 3. The molecule has 3 rings (SSSR count). The van der Waals surface area contributed by atoms with E-state index in [2.05, 4.69) is 49.3 Å². The molecule has 0 amide bonds. The van der Waals surface area contributed by atoms with E-state index in [1.807, 2.05) is 19.1 Å². The normalized spacial score (nSPS) is 22.3. The molecule has 0 aromatic carbocycles. The molecular weight excluding hydrogens is 761 g/mol. The summed E-state index contributed by atoms with van der Waals surface area (Å²) in [5, 5.41) is 30.7. The molecule has 3 aliphatic carbocycles. The molecule has 0 aromatic rings. The first-order valence-corrected chi connectivity index (χ1v) is 22.9. The molecule has 60 heavy (non-hydrogen) atoms. The number of hydrogen-bond donors (Lipinski definition) is 3. The van der Waals surface area contributed by atoms with E-state index >= 15 is 0 Å². The maximum atomic E-state index is 12.4. The van der Waals surface area contributed by atoms with Gasteiger partial charge >= 0.3 is 11.9 Å². The van der Waals surface area contributed by atoms with Gasteiger partial charge in [0, 0.05) is 49.2 Å². The van der Waals surface area contributed by atoms with Gasteiger partial charge in [0.1, 0.15) is 0 Å². The van der Waals surface area contributed by atoms with Gasteiger partial charge in [0.15, 0.2) is 17.3 Å². The minimum absolute atomic E-state index is 0.0119. The number of rotatable bonds is 25. The molecule has 0 bridgehead atoms. The molecular formula is C50H80O10. The number of carbonyl (C=O) groups is 5. The monoisotopic (exact) mass is 841 g/mol. The van der Waals surface area contributed by atoms with Crippen molar-refractivity contribution in [2.75, 3.05) is 14.2 Å². The summed E-state index contributed by atoms with van der Waals surface area (Å²) in [6, 6.07) is 0. The Kier molecular flexibility index (Phi) is 29.3. The van der Waals surface area contributed by atoms with E-state index in [1.54, 1.807) is 18.2 Å². The van der Waals surface area contributed by atoms with Gasteiger partial charge in [-0.2, -0.15) is 0 Å². The summed E-state index contributed by atoms with van der Waals surface area (Å²) in [5.74, 6) is 0.798. The largest absolute Gasteiger partial charge is 0.469 e. The topological polar surface area (TPSA) is 164 Å². The molecule has 1 fully saturated rings. The molecule has 0 aliphatic heterocycles. The van der Waals surface area contributed by atoms with Gasteiger partial charge < -0.3 is 24.8 Å². The zero-order valence-corrected chi connectivity index (χ0v) is 38.1. The number of carbonyl (C=O) groups excluding carboxylic acids is 5. The summed E-state index contributed by atoms with van der Waals surface area (Å²) in [4.78, 5) is 57.0. The van der Waals surface area contributed by atoms with Crippen LogP contribution in [0.5, 0.6) is 0 Å². The maximum absolute atomic E-state index is 12.4. The van der Waals surface area contributed by atoms with Crippen LogP contribution in [-0.4, -0.2) is 77.1 Å². The van der Waals surface area contributed by atoms with Gasteiger partial charge in [-0.25, -0.2) is 0 Å². The van der Waals surface area contributed by atoms with Crippen LogP contribution in [0, 0.1) is 23.7 Å². The van der Waals surface area contributed by atoms with E-state index in [1.165, 1.54) is 33.5 Å². The zero-order valence-electron chi connectivity index (χ0n) is 38.1. The highest BCUT2D eigenvalue weighted by Crippen LogP contribution is 2.34. The molecule has 0 heterocycles. The summed E-state index contributed by atoms with van der Waals surface area (Å²) in [7, 11) is 2.78. The number of aliphatic hydroxyl groups excluding tert-OH is 3. The van der Waals surface area contributed by atoms with Gasteiger partial charge in [-0.3, -0.25) is 24.0 Å². The Hall–Kier alpha value is -3.47. The van der Waals surface area contributed by atoms with Crippen LogP contribution in [0.3, 0.4) is 0 Å². The second kappa shape index (κ2) is 32.3. The minimum Gasteiger partial charge on any atom is -0.469 e. The Balaban J connectivity index is 0.000000514. The highest BCUT2D eigenvalue weighted by atomic mass is 16.5. The highest BCUT2D eigenvalue weighted by Gasteiger charge is 2.35. The third-order valence-corrected chi connectivity index (χ3v) is 11.4. The summed E-state index contributed by atoms with van der Waals surface area (Å²) >= 11 is 0. The predicted octanol–water partition coefficient (Wildman–Crippen LogP) is 9.78. The molecule has 1 unspecified atom stereocenters. The van der Waals surface area contributed by atoms with Crippen LogP contribution in [0.15, 0.2) is 59.3 Å². The van der Waals surface area contributed by atoms with Gasteiger partial charge in [-0.15, -0.1) is 0 Å². The number of unbranched alkanes of at least 4 members (excludes halogenated alkanes) is 9.